The van der Waals surface area contributed by atoms with Crippen molar-refractivity contribution in [2.45, 2.75) is 65.9 Å². The molecule has 1 atom stereocenters. The molecule has 0 aliphatic carbocycles. The maximum absolute atomic E-state index is 9.52. The van der Waals surface area contributed by atoms with Crippen molar-refractivity contribution in [1.82, 2.24) is 4.90 Å². The number of rotatable bonds is 5. The van der Waals surface area contributed by atoms with Crippen LogP contribution in [0.2, 0.25) is 0 Å². The monoisotopic (exact) mass is 241 g/mol. The number of aliphatic hydroxyl groups excluding tert-OH is 1. The quantitative estimate of drug-likeness (QED) is 0.798. The lowest BCUT2D eigenvalue weighted by atomic mass is 9.75. The molecule has 102 valence electrons. The summed E-state index contributed by atoms with van der Waals surface area (Å²) < 4.78 is 0. The van der Waals surface area contributed by atoms with Crippen LogP contribution in [0.4, 0.5) is 0 Å². The molecule has 1 unspecified atom stereocenters. The Morgan fingerprint density at radius 1 is 1.24 bits per heavy atom. The molecule has 0 amide bonds. The lowest BCUT2D eigenvalue weighted by molar-refractivity contribution is 0.103. The molecule has 0 aromatic rings. The third-order valence-electron chi connectivity index (χ3n) is 4.30. The number of aliphatic hydroxyl groups is 1. The Balaban J connectivity index is 2.15. The molecular formula is C15H31NO. The summed E-state index contributed by atoms with van der Waals surface area (Å²) in [6, 6.07) is 0. The maximum Gasteiger partial charge on any atom is 0.0538 e. The average molecular weight is 241 g/mol. The molecular weight excluding hydrogens is 210 g/mol. The van der Waals surface area contributed by atoms with E-state index in [9.17, 15) is 5.11 Å². The Bertz CT molecular complexity index is 201. The minimum absolute atomic E-state index is 0.0814. The zero-order chi connectivity index (χ0) is 12.9. The lowest BCUT2D eigenvalue weighted by Gasteiger charge is -2.38. The van der Waals surface area contributed by atoms with Crippen molar-refractivity contribution in [3.8, 4) is 0 Å². The first-order chi connectivity index (χ1) is 7.93. The number of hydrogen-bond donors (Lipinski definition) is 1. The van der Waals surface area contributed by atoms with Gasteiger partial charge in [0.05, 0.1) is 6.10 Å². The molecule has 1 aliphatic rings. The average Bonchev–Trinajstić information content (AvgIpc) is 2.28. The molecule has 0 radical (unpaired) electrons. The Labute approximate surface area is 107 Å². The fourth-order valence-corrected chi connectivity index (χ4v) is 2.78. The number of hydrogen-bond acceptors (Lipinski definition) is 2. The van der Waals surface area contributed by atoms with Crippen molar-refractivity contribution in [3.63, 3.8) is 0 Å². The Morgan fingerprint density at radius 2 is 1.82 bits per heavy atom. The molecule has 2 heteroatoms. The van der Waals surface area contributed by atoms with Crippen LogP contribution in [0.1, 0.15) is 59.8 Å². The maximum atomic E-state index is 9.52. The van der Waals surface area contributed by atoms with E-state index in [1.54, 1.807) is 0 Å². The highest BCUT2D eigenvalue weighted by molar-refractivity contribution is 4.80. The molecule has 0 bridgehead atoms. The van der Waals surface area contributed by atoms with Crippen molar-refractivity contribution in [2.75, 3.05) is 19.6 Å². The summed E-state index contributed by atoms with van der Waals surface area (Å²) in [6.45, 7) is 12.8. The van der Waals surface area contributed by atoms with Crippen molar-refractivity contribution in [3.05, 3.63) is 0 Å². The third kappa shape index (κ3) is 5.39. The highest BCUT2D eigenvalue weighted by Gasteiger charge is 2.28. The van der Waals surface area contributed by atoms with Gasteiger partial charge in [-0.15, -0.1) is 0 Å². The van der Waals surface area contributed by atoms with Crippen LogP contribution >= 0.6 is 0 Å². The van der Waals surface area contributed by atoms with Crippen molar-refractivity contribution in [1.29, 1.82) is 0 Å². The van der Waals surface area contributed by atoms with Crippen LogP contribution in [0.5, 0.6) is 0 Å². The largest absolute Gasteiger partial charge is 0.393 e. The standard InChI is InChI=1S/C15H31NO/c1-5-14(17)7-6-10-16-11-8-13(9-12-16)15(2,3)4/h13-14,17H,5-12H2,1-4H3. The molecule has 0 aromatic heterocycles. The van der Waals surface area contributed by atoms with E-state index in [2.05, 4.69) is 32.6 Å². The van der Waals surface area contributed by atoms with E-state index in [1.165, 1.54) is 32.5 Å². The van der Waals surface area contributed by atoms with Crippen LogP contribution in [0.3, 0.4) is 0 Å². The first-order valence-corrected chi connectivity index (χ1v) is 7.34. The summed E-state index contributed by atoms with van der Waals surface area (Å²) in [5.41, 5.74) is 0.477. The molecule has 0 spiro atoms. The van der Waals surface area contributed by atoms with Gasteiger partial charge in [0, 0.05) is 0 Å². The van der Waals surface area contributed by atoms with Gasteiger partial charge >= 0.3 is 0 Å². The van der Waals surface area contributed by atoms with Gasteiger partial charge in [-0.3, -0.25) is 0 Å². The summed E-state index contributed by atoms with van der Waals surface area (Å²) in [6.07, 6.45) is 5.62. The van der Waals surface area contributed by atoms with E-state index in [1.807, 2.05) is 0 Å². The van der Waals surface area contributed by atoms with E-state index in [-0.39, 0.29) is 6.10 Å². The minimum atomic E-state index is -0.0814. The number of nitrogens with zero attached hydrogens (tertiary/aromatic N) is 1. The van der Waals surface area contributed by atoms with Gasteiger partial charge in [0.15, 0.2) is 0 Å². The van der Waals surface area contributed by atoms with Crippen LogP contribution in [0, 0.1) is 11.3 Å². The van der Waals surface area contributed by atoms with E-state index in [0.717, 1.165) is 25.2 Å². The van der Waals surface area contributed by atoms with E-state index in [4.69, 9.17) is 0 Å². The Kier molecular flexibility index (Phi) is 5.94. The van der Waals surface area contributed by atoms with Gasteiger partial charge in [-0.25, -0.2) is 0 Å². The zero-order valence-corrected chi connectivity index (χ0v) is 12.2. The van der Waals surface area contributed by atoms with Crippen LogP contribution < -0.4 is 0 Å². The first-order valence-electron chi connectivity index (χ1n) is 7.34. The Hall–Kier alpha value is -0.0800. The second-order valence-corrected chi connectivity index (χ2v) is 6.69. The second kappa shape index (κ2) is 6.75. The van der Waals surface area contributed by atoms with E-state index >= 15 is 0 Å². The fourth-order valence-electron chi connectivity index (χ4n) is 2.78. The van der Waals surface area contributed by atoms with Crippen LogP contribution in [0.15, 0.2) is 0 Å². The lowest BCUT2D eigenvalue weighted by Crippen LogP contribution is -2.38. The normalized spacial score (nSPS) is 21.7. The predicted molar refractivity (Wildman–Crippen MR) is 74.2 cm³/mol. The molecule has 2 nitrogen and oxygen atoms in total. The van der Waals surface area contributed by atoms with Gasteiger partial charge in [0.25, 0.3) is 0 Å². The number of piperidine rings is 1. The summed E-state index contributed by atoms with van der Waals surface area (Å²) in [5.74, 6) is 0.889. The van der Waals surface area contributed by atoms with Gasteiger partial charge in [0.2, 0.25) is 0 Å². The molecule has 1 heterocycles. The van der Waals surface area contributed by atoms with Crippen LogP contribution in [-0.4, -0.2) is 35.7 Å². The number of likely N-dealkylation sites (tertiary alicyclic amines) is 1. The Morgan fingerprint density at radius 3 is 2.29 bits per heavy atom. The molecule has 0 saturated carbocycles. The van der Waals surface area contributed by atoms with Gasteiger partial charge in [-0.2, -0.15) is 0 Å². The SMILES string of the molecule is CCC(O)CCCN1CCC(C(C)(C)C)CC1. The summed E-state index contributed by atoms with van der Waals surface area (Å²) in [7, 11) is 0. The van der Waals surface area contributed by atoms with Gasteiger partial charge in [0.1, 0.15) is 0 Å². The van der Waals surface area contributed by atoms with Crippen molar-refractivity contribution < 1.29 is 5.11 Å². The molecule has 17 heavy (non-hydrogen) atoms. The first kappa shape index (κ1) is 15.0. The summed E-state index contributed by atoms with van der Waals surface area (Å²) >= 11 is 0. The molecule has 0 aromatic carbocycles. The predicted octanol–water partition coefficient (Wildman–Crippen LogP) is 3.30. The highest BCUT2D eigenvalue weighted by atomic mass is 16.3. The molecule has 1 saturated heterocycles. The molecule has 1 aliphatic heterocycles. The van der Waals surface area contributed by atoms with Crippen molar-refractivity contribution in [2.24, 2.45) is 11.3 Å². The minimum Gasteiger partial charge on any atom is -0.393 e. The summed E-state index contributed by atoms with van der Waals surface area (Å²) in [4.78, 5) is 2.57. The molecule has 1 fully saturated rings. The van der Waals surface area contributed by atoms with Gasteiger partial charge < -0.3 is 10.0 Å². The molecule has 1 rings (SSSR count). The van der Waals surface area contributed by atoms with Crippen LogP contribution in [0.25, 0.3) is 0 Å². The smallest absolute Gasteiger partial charge is 0.0538 e. The van der Waals surface area contributed by atoms with Crippen molar-refractivity contribution >= 4 is 0 Å². The third-order valence-corrected chi connectivity index (χ3v) is 4.30. The van der Waals surface area contributed by atoms with E-state index in [0.29, 0.717) is 5.41 Å². The highest BCUT2D eigenvalue weighted by Crippen LogP contribution is 2.34. The zero-order valence-electron chi connectivity index (χ0n) is 12.2. The van der Waals surface area contributed by atoms with Gasteiger partial charge in [-0.05, 0) is 63.1 Å². The summed E-state index contributed by atoms with van der Waals surface area (Å²) in [5, 5.41) is 9.52. The van der Waals surface area contributed by atoms with E-state index < -0.39 is 0 Å². The fraction of sp³-hybridized carbons (Fsp3) is 1.00. The van der Waals surface area contributed by atoms with Gasteiger partial charge in [-0.1, -0.05) is 27.7 Å². The second-order valence-electron chi connectivity index (χ2n) is 6.69. The topological polar surface area (TPSA) is 23.5 Å². The van der Waals surface area contributed by atoms with Crippen LogP contribution in [-0.2, 0) is 0 Å². The molecule has 1 N–H and O–H groups in total.